The second-order valence-corrected chi connectivity index (χ2v) is 6.93. The summed E-state index contributed by atoms with van der Waals surface area (Å²) in [5.74, 6) is -1.54. The molecule has 0 saturated carbocycles. The van der Waals surface area contributed by atoms with Gasteiger partial charge in [-0.3, -0.25) is 9.59 Å². The van der Waals surface area contributed by atoms with Crippen LogP contribution in [-0.2, 0) is 11.3 Å². The van der Waals surface area contributed by atoms with Crippen molar-refractivity contribution in [3.05, 3.63) is 70.0 Å². The SMILES string of the molecule is CCCCCn1c(=O)c(C(=O)Nc2ccc(C(=O)OC)cc2)c(O)c2ccccc21. The number of fused-ring (bicyclic) bond motifs is 1. The lowest BCUT2D eigenvalue weighted by Gasteiger charge is -2.15. The third-order valence-electron chi connectivity index (χ3n) is 4.92. The van der Waals surface area contributed by atoms with E-state index in [9.17, 15) is 19.5 Å². The second-order valence-electron chi connectivity index (χ2n) is 6.93. The molecule has 0 aliphatic rings. The number of benzene rings is 2. The van der Waals surface area contributed by atoms with Crippen molar-refractivity contribution >= 4 is 28.5 Å². The minimum absolute atomic E-state index is 0.303. The minimum Gasteiger partial charge on any atom is -0.506 e. The molecule has 7 heteroatoms. The molecule has 0 aliphatic carbocycles. The number of anilines is 1. The van der Waals surface area contributed by atoms with Crippen LogP contribution in [0.25, 0.3) is 10.9 Å². The molecule has 2 aromatic carbocycles. The Morgan fingerprint density at radius 3 is 2.43 bits per heavy atom. The van der Waals surface area contributed by atoms with Crippen LogP contribution in [0.4, 0.5) is 5.69 Å². The van der Waals surface area contributed by atoms with Crippen LogP contribution in [0.2, 0.25) is 0 Å². The maximum atomic E-state index is 13.1. The van der Waals surface area contributed by atoms with Gasteiger partial charge >= 0.3 is 5.97 Å². The Hall–Kier alpha value is -3.61. The summed E-state index contributed by atoms with van der Waals surface area (Å²) < 4.78 is 6.19. The lowest BCUT2D eigenvalue weighted by Crippen LogP contribution is -2.30. The number of aromatic nitrogens is 1. The van der Waals surface area contributed by atoms with Crippen LogP contribution in [0.3, 0.4) is 0 Å². The number of amides is 1. The number of pyridine rings is 1. The Labute approximate surface area is 173 Å². The molecule has 1 aromatic heterocycles. The Bertz CT molecular complexity index is 1130. The molecule has 0 spiro atoms. The van der Waals surface area contributed by atoms with Gasteiger partial charge in [-0.2, -0.15) is 0 Å². The largest absolute Gasteiger partial charge is 0.506 e. The number of hydrogen-bond acceptors (Lipinski definition) is 5. The van der Waals surface area contributed by atoms with E-state index in [4.69, 9.17) is 0 Å². The van der Waals surface area contributed by atoms with Crippen LogP contribution in [0, 0.1) is 0 Å². The summed E-state index contributed by atoms with van der Waals surface area (Å²) in [6.07, 6.45) is 2.75. The standard InChI is InChI=1S/C23H24N2O5/c1-3-4-7-14-25-18-9-6-5-8-17(18)20(26)19(22(25)28)21(27)24-16-12-10-15(11-13-16)23(29)30-2/h5-6,8-13,26H,3-4,7,14H2,1-2H3,(H,24,27). The van der Waals surface area contributed by atoms with Gasteiger partial charge in [0.15, 0.2) is 0 Å². The number of hydrogen-bond donors (Lipinski definition) is 2. The summed E-state index contributed by atoms with van der Waals surface area (Å²) in [6.45, 7) is 2.53. The van der Waals surface area contributed by atoms with Gasteiger partial charge in [0.25, 0.3) is 11.5 Å². The van der Waals surface area contributed by atoms with Crippen molar-refractivity contribution in [3.63, 3.8) is 0 Å². The summed E-state index contributed by atoms with van der Waals surface area (Å²) in [5, 5.41) is 13.8. The Morgan fingerprint density at radius 1 is 1.07 bits per heavy atom. The third-order valence-corrected chi connectivity index (χ3v) is 4.92. The smallest absolute Gasteiger partial charge is 0.337 e. The van der Waals surface area contributed by atoms with Crippen LogP contribution in [0.15, 0.2) is 53.3 Å². The highest BCUT2D eigenvalue weighted by atomic mass is 16.5. The molecule has 0 fully saturated rings. The normalized spacial score (nSPS) is 10.7. The zero-order valence-corrected chi connectivity index (χ0v) is 17.0. The van der Waals surface area contributed by atoms with E-state index in [1.807, 2.05) is 0 Å². The number of methoxy groups -OCH3 is 1. The Kier molecular flexibility index (Phi) is 6.51. The molecule has 7 nitrogen and oxygen atoms in total. The van der Waals surface area contributed by atoms with Crippen molar-refractivity contribution in [2.24, 2.45) is 0 Å². The molecule has 1 heterocycles. The molecule has 0 radical (unpaired) electrons. The monoisotopic (exact) mass is 408 g/mol. The summed E-state index contributed by atoms with van der Waals surface area (Å²) in [6, 6.07) is 13.0. The van der Waals surface area contributed by atoms with E-state index in [0.29, 0.717) is 28.7 Å². The third kappa shape index (κ3) is 4.20. The fourth-order valence-corrected chi connectivity index (χ4v) is 3.34. The van der Waals surface area contributed by atoms with Gasteiger partial charge in [0, 0.05) is 17.6 Å². The lowest BCUT2D eigenvalue weighted by molar-refractivity contribution is 0.0600. The van der Waals surface area contributed by atoms with Crippen LogP contribution in [0.5, 0.6) is 5.75 Å². The number of para-hydroxylation sites is 1. The average Bonchev–Trinajstić information content (AvgIpc) is 2.76. The molecule has 3 aromatic rings. The molecule has 1 amide bonds. The molecular weight excluding hydrogens is 384 g/mol. The first kappa shape index (κ1) is 21.1. The number of ether oxygens (including phenoxy) is 1. The number of carbonyl (C=O) groups is 2. The molecular formula is C23H24N2O5. The van der Waals surface area contributed by atoms with Crippen molar-refractivity contribution in [2.75, 3.05) is 12.4 Å². The molecule has 0 bridgehead atoms. The molecule has 30 heavy (non-hydrogen) atoms. The molecule has 0 saturated heterocycles. The van der Waals surface area contributed by atoms with Gasteiger partial charge in [-0.15, -0.1) is 0 Å². The van der Waals surface area contributed by atoms with E-state index in [-0.39, 0.29) is 11.3 Å². The average molecular weight is 408 g/mol. The lowest BCUT2D eigenvalue weighted by atomic mass is 10.1. The Balaban J connectivity index is 1.99. The van der Waals surface area contributed by atoms with Gasteiger partial charge < -0.3 is 19.7 Å². The number of aryl methyl sites for hydroxylation is 1. The number of aromatic hydroxyl groups is 1. The predicted octanol–water partition coefficient (Wildman–Crippen LogP) is 3.94. The first-order valence-corrected chi connectivity index (χ1v) is 9.82. The van der Waals surface area contributed by atoms with Crippen molar-refractivity contribution in [2.45, 2.75) is 32.7 Å². The second kappa shape index (κ2) is 9.26. The predicted molar refractivity (Wildman–Crippen MR) is 115 cm³/mol. The number of unbranched alkanes of at least 4 members (excludes halogenated alkanes) is 2. The van der Waals surface area contributed by atoms with Crippen molar-refractivity contribution in [1.82, 2.24) is 4.57 Å². The number of nitrogens with one attached hydrogen (secondary N) is 1. The first-order chi connectivity index (χ1) is 14.5. The van der Waals surface area contributed by atoms with Crippen LogP contribution >= 0.6 is 0 Å². The van der Waals surface area contributed by atoms with Gasteiger partial charge in [-0.05, 0) is 42.8 Å². The van der Waals surface area contributed by atoms with Gasteiger partial charge in [-0.1, -0.05) is 31.9 Å². The number of esters is 1. The highest BCUT2D eigenvalue weighted by molar-refractivity contribution is 6.09. The molecule has 3 rings (SSSR count). The molecule has 0 atom stereocenters. The van der Waals surface area contributed by atoms with E-state index in [2.05, 4.69) is 17.0 Å². The van der Waals surface area contributed by atoms with Crippen LogP contribution in [0.1, 0.15) is 46.9 Å². The topological polar surface area (TPSA) is 97.6 Å². The van der Waals surface area contributed by atoms with Gasteiger partial charge in [0.05, 0.1) is 18.2 Å². The fourth-order valence-electron chi connectivity index (χ4n) is 3.34. The zero-order valence-electron chi connectivity index (χ0n) is 17.0. The van der Waals surface area contributed by atoms with E-state index >= 15 is 0 Å². The fraction of sp³-hybridized carbons (Fsp3) is 0.261. The highest BCUT2D eigenvalue weighted by Crippen LogP contribution is 2.27. The van der Waals surface area contributed by atoms with Crippen molar-refractivity contribution < 1.29 is 19.4 Å². The number of nitrogens with zero attached hydrogens (tertiary/aromatic N) is 1. The molecule has 2 N–H and O–H groups in total. The maximum Gasteiger partial charge on any atom is 0.337 e. The minimum atomic E-state index is -0.710. The summed E-state index contributed by atoms with van der Waals surface area (Å²) >= 11 is 0. The van der Waals surface area contributed by atoms with Crippen molar-refractivity contribution in [3.8, 4) is 5.75 Å². The molecule has 0 unspecified atom stereocenters. The van der Waals surface area contributed by atoms with E-state index in [1.165, 1.54) is 31.4 Å². The van der Waals surface area contributed by atoms with E-state index in [1.54, 1.807) is 28.8 Å². The number of carbonyl (C=O) groups excluding carboxylic acids is 2. The first-order valence-electron chi connectivity index (χ1n) is 9.82. The maximum absolute atomic E-state index is 13.1. The van der Waals surface area contributed by atoms with E-state index < -0.39 is 17.4 Å². The van der Waals surface area contributed by atoms with Crippen LogP contribution in [-0.4, -0.2) is 28.7 Å². The van der Waals surface area contributed by atoms with E-state index in [0.717, 1.165) is 19.3 Å². The van der Waals surface area contributed by atoms with Crippen molar-refractivity contribution in [1.29, 1.82) is 0 Å². The van der Waals surface area contributed by atoms with Gasteiger partial charge in [0.1, 0.15) is 11.3 Å². The summed E-state index contributed by atoms with van der Waals surface area (Å²) in [7, 11) is 1.28. The van der Waals surface area contributed by atoms with Gasteiger partial charge in [-0.25, -0.2) is 4.79 Å². The zero-order chi connectivity index (χ0) is 21.7. The van der Waals surface area contributed by atoms with Crippen LogP contribution < -0.4 is 10.9 Å². The quantitative estimate of drug-likeness (QED) is 0.456. The molecule has 0 aliphatic heterocycles. The Morgan fingerprint density at radius 2 is 1.77 bits per heavy atom. The summed E-state index contributed by atoms with van der Waals surface area (Å²) in [5.41, 5.74) is 0.475. The molecule has 156 valence electrons. The van der Waals surface area contributed by atoms with Gasteiger partial charge in [0.2, 0.25) is 0 Å². The highest BCUT2D eigenvalue weighted by Gasteiger charge is 2.22. The number of rotatable bonds is 7. The summed E-state index contributed by atoms with van der Waals surface area (Å²) in [4.78, 5) is 37.5.